The number of amides is 2. The molecule has 0 atom stereocenters. The number of rotatable bonds is 7. The van der Waals surface area contributed by atoms with Crippen LogP contribution in [-0.2, 0) is 16.7 Å². The van der Waals surface area contributed by atoms with Crippen LogP contribution < -0.4 is 10.1 Å². The van der Waals surface area contributed by atoms with E-state index in [2.05, 4.69) is 55.3 Å². The van der Waals surface area contributed by atoms with Crippen LogP contribution in [0.2, 0.25) is 0 Å². The minimum absolute atomic E-state index is 0.0988. The molecule has 3 rings (SSSR count). The second-order valence-electron chi connectivity index (χ2n) is 8.98. The molecular formula is C25H35N3O3. The van der Waals surface area contributed by atoms with Crippen molar-refractivity contribution in [1.82, 2.24) is 9.80 Å². The van der Waals surface area contributed by atoms with Crippen LogP contribution in [0, 0.1) is 0 Å². The van der Waals surface area contributed by atoms with Crippen molar-refractivity contribution in [3.63, 3.8) is 0 Å². The number of anilines is 1. The van der Waals surface area contributed by atoms with E-state index in [0.29, 0.717) is 13.1 Å². The fraction of sp³-hybridized carbons (Fsp3) is 0.480. The van der Waals surface area contributed by atoms with Crippen molar-refractivity contribution < 1.29 is 14.3 Å². The Bertz CT molecular complexity index is 823. The number of carbonyl (C=O) groups excluding carboxylic acids is 1. The number of ether oxygens (including phenoxy) is 2. The second-order valence-corrected chi connectivity index (χ2v) is 8.98. The van der Waals surface area contributed by atoms with E-state index in [4.69, 9.17) is 9.47 Å². The molecule has 2 aromatic carbocycles. The van der Waals surface area contributed by atoms with Crippen LogP contribution in [0.4, 0.5) is 10.5 Å². The zero-order valence-electron chi connectivity index (χ0n) is 19.2. The van der Waals surface area contributed by atoms with Crippen molar-refractivity contribution in [2.45, 2.75) is 32.7 Å². The van der Waals surface area contributed by atoms with Crippen LogP contribution in [0.1, 0.15) is 31.9 Å². The Labute approximate surface area is 186 Å². The first-order valence-corrected chi connectivity index (χ1v) is 10.9. The number of hydrogen-bond donors (Lipinski definition) is 1. The number of nitrogens with one attached hydrogen (secondary N) is 1. The monoisotopic (exact) mass is 425 g/mol. The van der Waals surface area contributed by atoms with Gasteiger partial charge in [-0.2, -0.15) is 0 Å². The molecule has 0 bridgehead atoms. The van der Waals surface area contributed by atoms with Gasteiger partial charge in [-0.3, -0.25) is 4.90 Å². The highest BCUT2D eigenvalue weighted by Gasteiger charge is 2.18. The number of nitrogens with zero attached hydrogens (tertiary/aromatic N) is 2. The normalized spacial score (nSPS) is 14.8. The molecule has 0 aromatic heterocycles. The Balaban J connectivity index is 1.68. The molecule has 0 saturated carbocycles. The third-order valence-corrected chi connectivity index (χ3v) is 5.61. The summed E-state index contributed by atoms with van der Waals surface area (Å²) in [5, 5.41) is 3.03. The Morgan fingerprint density at radius 1 is 1.06 bits per heavy atom. The summed E-state index contributed by atoms with van der Waals surface area (Å²) >= 11 is 0. The molecular weight excluding hydrogens is 390 g/mol. The van der Waals surface area contributed by atoms with E-state index in [1.54, 1.807) is 7.11 Å². The van der Waals surface area contributed by atoms with E-state index in [1.807, 2.05) is 29.2 Å². The second kappa shape index (κ2) is 10.6. The van der Waals surface area contributed by atoms with Gasteiger partial charge >= 0.3 is 6.03 Å². The predicted octanol–water partition coefficient (Wildman–Crippen LogP) is 4.36. The van der Waals surface area contributed by atoms with Crippen molar-refractivity contribution >= 4 is 11.7 Å². The van der Waals surface area contributed by atoms with Crippen molar-refractivity contribution in [3.8, 4) is 5.75 Å². The van der Waals surface area contributed by atoms with Gasteiger partial charge in [0.2, 0.25) is 0 Å². The molecule has 6 nitrogen and oxygen atoms in total. The van der Waals surface area contributed by atoms with E-state index < -0.39 is 0 Å². The Morgan fingerprint density at radius 2 is 1.71 bits per heavy atom. The first-order valence-electron chi connectivity index (χ1n) is 10.9. The van der Waals surface area contributed by atoms with E-state index in [-0.39, 0.29) is 11.4 Å². The van der Waals surface area contributed by atoms with Gasteiger partial charge in [-0.15, -0.1) is 0 Å². The fourth-order valence-corrected chi connectivity index (χ4v) is 3.55. The molecule has 0 radical (unpaired) electrons. The van der Waals surface area contributed by atoms with E-state index >= 15 is 0 Å². The Hall–Kier alpha value is -2.57. The average molecular weight is 426 g/mol. The number of carbonyl (C=O) groups is 1. The first-order chi connectivity index (χ1) is 14.8. The van der Waals surface area contributed by atoms with Gasteiger partial charge in [-0.05, 0) is 40.8 Å². The van der Waals surface area contributed by atoms with Crippen LogP contribution in [0.25, 0.3) is 0 Å². The number of benzene rings is 2. The van der Waals surface area contributed by atoms with Gasteiger partial charge in [0.15, 0.2) is 0 Å². The molecule has 1 heterocycles. The van der Waals surface area contributed by atoms with Gasteiger partial charge in [0.1, 0.15) is 5.75 Å². The lowest BCUT2D eigenvalue weighted by Crippen LogP contribution is -2.44. The third kappa shape index (κ3) is 6.97. The van der Waals surface area contributed by atoms with Gasteiger partial charge in [-0.25, -0.2) is 4.79 Å². The standard InChI is InChI=1S/C25H35N3O3/c1-25(2,3)21-7-5-20(6-8-21)19-28(14-13-27-15-17-31-18-16-27)24(29)26-22-9-11-23(30-4)12-10-22/h5-12H,13-19H2,1-4H3,(H,26,29). The highest BCUT2D eigenvalue weighted by atomic mass is 16.5. The number of urea groups is 1. The average Bonchev–Trinajstić information content (AvgIpc) is 2.77. The lowest BCUT2D eigenvalue weighted by molar-refractivity contribution is 0.0349. The molecule has 31 heavy (non-hydrogen) atoms. The Morgan fingerprint density at radius 3 is 2.29 bits per heavy atom. The summed E-state index contributed by atoms with van der Waals surface area (Å²) < 4.78 is 10.6. The molecule has 6 heteroatoms. The minimum Gasteiger partial charge on any atom is -0.497 e. The topological polar surface area (TPSA) is 54.0 Å². The molecule has 1 aliphatic heterocycles. The third-order valence-electron chi connectivity index (χ3n) is 5.61. The van der Waals surface area contributed by atoms with E-state index in [0.717, 1.165) is 49.8 Å². The summed E-state index contributed by atoms with van der Waals surface area (Å²) in [4.78, 5) is 17.3. The van der Waals surface area contributed by atoms with E-state index in [9.17, 15) is 4.79 Å². The van der Waals surface area contributed by atoms with Gasteiger partial charge in [0.25, 0.3) is 0 Å². The SMILES string of the molecule is COc1ccc(NC(=O)N(CCN2CCOCC2)Cc2ccc(C(C)(C)C)cc2)cc1. The maximum atomic E-state index is 13.1. The number of hydrogen-bond acceptors (Lipinski definition) is 4. The maximum Gasteiger partial charge on any atom is 0.322 e. The highest BCUT2D eigenvalue weighted by Crippen LogP contribution is 2.23. The first kappa shape index (κ1) is 23.1. The van der Waals surface area contributed by atoms with Crippen molar-refractivity contribution in [2.24, 2.45) is 0 Å². The summed E-state index contributed by atoms with van der Waals surface area (Å²) in [6.07, 6.45) is 0. The van der Waals surface area contributed by atoms with E-state index in [1.165, 1.54) is 5.56 Å². The summed E-state index contributed by atoms with van der Waals surface area (Å²) in [6.45, 7) is 12.0. The molecule has 1 N–H and O–H groups in total. The lowest BCUT2D eigenvalue weighted by atomic mass is 9.87. The number of methoxy groups -OCH3 is 1. The van der Waals surface area contributed by atoms with Crippen LogP contribution in [0.15, 0.2) is 48.5 Å². The molecule has 2 aromatic rings. The lowest BCUT2D eigenvalue weighted by Gasteiger charge is -2.30. The number of morpholine rings is 1. The van der Waals surface area contributed by atoms with Crippen molar-refractivity contribution in [1.29, 1.82) is 0 Å². The molecule has 0 spiro atoms. The van der Waals surface area contributed by atoms with Crippen molar-refractivity contribution in [3.05, 3.63) is 59.7 Å². The highest BCUT2D eigenvalue weighted by molar-refractivity contribution is 5.89. The minimum atomic E-state index is -0.0988. The molecule has 1 saturated heterocycles. The molecule has 1 fully saturated rings. The van der Waals surface area contributed by atoms with Crippen LogP contribution >= 0.6 is 0 Å². The molecule has 168 valence electrons. The summed E-state index contributed by atoms with van der Waals surface area (Å²) in [7, 11) is 1.63. The van der Waals surface area contributed by atoms with Gasteiger partial charge in [-0.1, -0.05) is 45.0 Å². The molecule has 0 unspecified atom stereocenters. The molecule has 2 amide bonds. The zero-order chi connectivity index (χ0) is 22.3. The van der Waals surface area contributed by atoms with Gasteiger partial charge in [0.05, 0.1) is 20.3 Å². The largest absolute Gasteiger partial charge is 0.497 e. The van der Waals surface area contributed by atoms with Gasteiger partial charge in [0, 0.05) is 38.4 Å². The quantitative estimate of drug-likeness (QED) is 0.716. The Kier molecular flexibility index (Phi) is 7.93. The summed E-state index contributed by atoms with van der Waals surface area (Å²) in [5.41, 5.74) is 3.28. The van der Waals surface area contributed by atoms with Crippen LogP contribution in [-0.4, -0.2) is 62.3 Å². The maximum absolute atomic E-state index is 13.1. The van der Waals surface area contributed by atoms with Crippen molar-refractivity contribution in [2.75, 3.05) is 51.8 Å². The summed E-state index contributed by atoms with van der Waals surface area (Å²) in [5.74, 6) is 0.765. The summed E-state index contributed by atoms with van der Waals surface area (Å²) in [6, 6.07) is 15.9. The van der Waals surface area contributed by atoms with Crippen LogP contribution in [0.3, 0.4) is 0 Å². The molecule has 0 aliphatic carbocycles. The fourth-order valence-electron chi connectivity index (χ4n) is 3.55. The predicted molar refractivity (Wildman–Crippen MR) is 125 cm³/mol. The zero-order valence-corrected chi connectivity index (χ0v) is 19.2. The van der Waals surface area contributed by atoms with Crippen LogP contribution in [0.5, 0.6) is 5.75 Å². The molecule has 1 aliphatic rings. The van der Waals surface area contributed by atoms with Gasteiger partial charge < -0.3 is 19.7 Å². The smallest absolute Gasteiger partial charge is 0.322 e.